The minimum atomic E-state index is -0.269. The second-order valence-electron chi connectivity index (χ2n) is 4.15. The molecule has 0 aliphatic rings. The van der Waals surface area contributed by atoms with E-state index < -0.39 is 0 Å². The summed E-state index contributed by atoms with van der Waals surface area (Å²) in [6, 6.07) is 9.35. The highest BCUT2D eigenvalue weighted by atomic mass is 16.5. The smallest absolute Gasteiger partial charge is 0.307 e. The maximum Gasteiger partial charge on any atom is 0.307 e. The molecule has 3 heteroatoms. The summed E-state index contributed by atoms with van der Waals surface area (Å²) in [7, 11) is 0. The summed E-state index contributed by atoms with van der Waals surface area (Å²) in [6.07, 6.45) is 3.40. The van der Waals surface area contributed by atoms with Gasteiger partial charge in [0.1, 0.15) is 0 Å². The quantitative estimate of drug-likeness (QED) is 0.584. The second kappa shape index (κ2) is 7.85. The van der Waals surface area contributed by atoms with Crippen LogP contribution in [0.2, 0.25) is 0 Å². The van der Waals surface area contributed by atoms with Gasteiger partial charge in [-0.05, 0) is 12.0 Å². The molecule has 0 saturated heterocycles. The zero-order valence-corrected chi connectivity index (χ0v) is 10.4. The lowest BCUT2D eigenvalue weighted by molar-refractivity contribution is -0.144. The van der Waals surface area contributed by atoms with Crippen molar-refractivity contribution in [2.45, 2.75) is 38.6 Å². The monoisotopic (exact) mass is 235 g/mol. The van der Waals surface area contributed by atoms with Crippen molar-refractivity contribution in [2.75, 3.05) is 6.61 Å². The van der Waals surface area contributed by atoms with Gasteiger partial charge in [-0.15, -0.1) is 0 Å². The molecule has 1 rings (SSSR count). The number of rotatable bonds is 7. The molecule has 0 bridgehead atoms. The normalized spacial score (nSPS) is 12.1. The first-order valence-electron chi connectivity index (χ1n) is 6.20. The maximum atomic E-state index is 11.5. The Labute approximate surface area is 103 Å². The predicted molar refractivity (Wildman–Crippen MR) is 68.5 cm³/mol. The molecule has 0 aliphatic carbocycles. The first-order chi connectivity index (χ1) is 8.24. The number of nitrogens with two attached hydrogens (primary N) is 1. The molecule has 0 saturated carbocycles. The molecule has 0 fully saturated rings. The van der Waals surface area contributed by atoms with Gasteiger partial charge < -0.3 is 10.5 Å². The van der Waals surface area contributed by atoms with Crippen LogP contribution in [0.3, 0.4) is 0 Å². The van der Waals surface area contributed by atoms with Gasteiger partial charge in [-0.25, -0.2) is 0 Å². The van der Waals surface area contributed by atoms with E-state index in [0.717, 1.165) is 24.8 Å². The van der Waals surface area contributed by atoms with Gasteiger partial charge in [-0.2, -0.15) is 0 Å². The summed E-state index contributed by atoms with van der Waals surface area (Å²) in [5.41, 5.74) is 6.90. The van der Waals surface area contributed by atoms with E-state index in [9.17, 15) is 4.79 Å². The van der Waals surface area contributed by atoms with Crippen molar-refractivity contribution < 1.29 is 9.53 Å². The molecule has 94 valence electrons. The Morgan fingerprint density at radius 1 is 1.29 bits per heavy atom. The lowest BCUT2D eigenvalue weighted by atomic mass is 10.1. The van der Waals surface area contributed by atoms with Crippen molar-refractivity contribution in [1.82, 2.24) is 0 Å². The number of hydrogen-bond acceptors (Lipinski definition) is 3. The Hall–Kier alpha value is -1.35. The number of esters is 1. The van der Waals surface area contributed by atoms with Gasteiger partial charge in [-0.3, -0.25) is 4.79 Å². The van der Waals surface area contributed by atoms with Gasteiger partial charge in [0.2, 0.25) is 0 Å². The molecular weight excluding hydrogens is 214 g/mol. The average Bonchev–Trinajstić information content (AvgIpc) is 2.36. The summed E-state index contributed by atoms with van der Waals surface area (Å²) >= 11 is 0. The van der Waals surface area contributed by atoms with E-state index in [-0.39, 0.29) is 18.4 Å². The second-order valence-corrected chi connectivity index (χ2v) is 4.15. The largest absolute Gasteiger partial charge is 0.466 e. The summed E-state index contributed by atoms with van der Waals surface area (Å²) in [4.78, 5) is 11.5. The van der Waals surface area contributed by atoms with E-state index >= 15 is 0 Å². The highest BCUT2D eigenvalue weighted by molar-refractivity contribution is 5.70. The van der Waals surface area contributed by atoms with Gasteiger partial charge in [0.15, 0.2) is 0 Å². The van der Waals surface area contributed by atoms with Crippen molar-refractivity contribution in [3.63, 3.8) is 0 Å². The number of carbonyl (C=O) groups excluding carboxylic acids is 1. The van der Waals surface area contributed by atoms with Gasteiger partial charge in [0.25, 0.3) is 0 Å². The number of ether oxygens (including phenoxy) is 1. The fourth-order valence-corrected chi connectivity index (χ4v) is 1.59. The molecule has 1 atom stereocenters. The fourth-order valence-electron chi connectivity index (χ4n) is 1.59. The molecule has 0 amide bonds. The summed E-state index contributed by atoms with van der Waals surface area (Å²) in [5, 5.41) is 0. The fraction of sp³-hybridized carbons (Fsp3) is 0.500. The van der Waals surface area contributed by atoms with Gasteiger partial charge in [0, 0.05) is 6.04 Å². The van der Waals surface area contributed by atoms with Crippen LogP contribution in [0.4, 0.5) is 0 Å². The Bertz CT molecular complexity index is 324. The number of hydrogen-bond donors (Lipinski definition) is 1. The van der Waals surface area contributed by atoms with Crippen LogP contribution in [0, 0.1) is 0 Å². The van der Waals surface area contributed by atoms with Crippen LogP contribution < -0.4 is 5.73 Å². The molecule has 1 aromatic carbocycles. The Morgan fingerprint density at radius 3 is 2.65 bits per heavy atom. The van der Waals surface area contributed by atoms with Crippen molar-refractivity contribution in [3.05, 3.63) is 35.9 Å². The molecule has 17 heavy (non-hydrogen) atoms. The van der Waals surface area contributed by atoms with Crippen LogP contribution in [0.5, 0.6) is 0 Å². The van der Waals surface area contributed by atoms with Crippen LogP contribution in [0.15, 0.2) is 30.3 Å². The lowest BCUT2D eigenvalue weighted by Gasteiger charge is -2.11. The van der Waals surface area contributed by atoms with E-state index in [2.05, 4.69) is 6.92 Å². The number of benzene rings is 1. The maximum absolute atomic E-state index is 11.5. The zero-order valence-electron chi connectivity index (χ0n) is 10.4. The first-order valence-corrected chi connectivity index (χ1v) is 6.20. The Morgan fingerprint density at radius 2 is 2.00 bits per heavy atom. The summed E-state index contributed by atoms with van der Waals surface area (Å²) in [6.45, 7) is 2.63. The van der Waals surface area contributed by atoms with Crippen LogP contribution in [-0.4, -0.2) is 12.6 Å². The minimum Gasteiger partial charge on any atom is -0.466 e. The third kappa shape index (κ3) is 5.50. The molecule has 1 unspecified atom stereocenters. The molecular formula is C14H21NO2. The Balaban J connectivity index is 2.26. The van der Waals surface area contributed by atoms with Crippen molar-refractivity contribution in [3.8, 4) is 0 Å². The highest BCUT2D eigenvalue weighted by Crippen LogP contribution is 2.13. The molecule has 0 spiro atoms. The number of unbranched alkanes of at least 4 members (excludes halogenated alkanes) is 2. The molecule has 1 aromatic rings. The lowest BCUT2D eigenvalue weighted by Crippen LogP contribution is -2.17. The number of carbonyl (C=O) groups is 1. The SMILES string of the molecule is CCCCCOC(=O)CC(N)c1ccccc1. The summed E-state index contributed by atoms with van der Waals surface area (Å²) in [5.74, 6) is -0.211. The minimum absolute atomic E-state index is 0.211. The van der Waals surface area contributed by atoms with E-state index in [0.29, 0.717) is 6.61 Å². The molecule has 0 radical (unpaired) electrons. The van der Waals surface area contributed by atoms with E-state index in [1.165, 1.54) is 0 Å². The van der Waals surface area contributed by atoms with Crippen molar-refractivity contribution in [1.29, 1.82) is 0 Å². The molecule has 0 aliphatic heterocycles. The summed E-state index contributed by atoms with van der Waals surface area (Å²) < 4.78 is 5.12. The van der Waals surface area contributed by atoms with E-state index in [1.54, 1.807) is 0 Å². The Kier molecular flexibility index (Phi) is 6.33. The third-order valence-corrected chi connectivity index (χ3v) is 2.63. The van der Waals surface area contributed by atoms with Crippen LogP contribution >= 0.6 is 0 Å². The van der Waals surface area contributed by atoms with Gasteiger partial charge in [0.05, 0.1) is 13.0 Å². The molecule has 0 heterocycles. The molecule has 2 N–H and O–H groups in total. The third-order valence-electron chi connectivity index (χ3n) is 2.63. The van der Waals surface area contributed by atoms with Crippen molar-refractivity contribution in [2.24, 2.45) is 5.73 Å². The molecule has 0 aromatic heterocycles. The van der Waals surface area contributed by atoms with Gasteiger partial charge in [-0.1, -0.05) is 50.1 Å². The van der Waals surface area contributed by atoms with Gasteiger partial charge >= 0.3 is 5.97 Å². The predicted octanol–water partition coefficient (Wildman–Crippen LogP) is 2.81. The molecule has 3 nitrogen and oxygen atoms in total. The van der Waals surface area contributed by atoms with Crippen LogP contribution in [0.1, 0.15) is 44.2 Å². The highest BCUT2D eigenvalue weighted by Gasteiger charge is 2.11. The average molecular weight is 235 g/mol. The first kappa shape index (κ1) is 13.7. The van der Waals surface area contributed by atoms with E-state index in [1.807, 2.05) is 30.3 Å². The van der Waals surface area contributed by atoms with Crippen LogP contribution in [-0.2, 0) is 9.53 Å². The van der Waals surface area contributed by atoms with Crippen LogP contribution in [0.25, 0.3) is 0 Å². The van der Waals surface area contributed by atoms with E-state index in [4.69, 9.17) is 10.5 Å². The zero-order chi connectivity index (χ0) is 12.5. The standard InChI is InChI=1S/C14H21NO2/c1-2-3-7-10-17-14(16)11-13(15)12-8-5-4-6-9-12/h4-6,8-9,13H,2-3,7,10-11,15H2,1H3. The topological polar surface area (TPSA) is 52.3 Å². The van der Waals surface area contributed by atoms with Crippen molar-refractivity contribution >= 4 is 5.97 Å².